The summed E-state index contributed by atoms with van der Waals surface area (Å²) in [5.41, 5.74) is 5.50. The van der Waals surface area contributed by atoms with Gasteiger partial charge in [0.05, 0.1) is 5.84 Å². The second-order valence-corrected chi connectivity index (χ2v) is 3.54. The Bertz CT molecular complexity index is 133. The van der Waals surface area contributed by atoms with Crippen molar-refractivity contribution in [1.29, 1.82) is 0 Å². The lowest BCUT2D eigenvalue weighted by Gasteiger charge is -2.15. The van der Waals surface area contributed by atoms with Crippen molar-refractivity contribution in [3.05, 3.63) is 0 Å². The van der Waals surface area contributed by atoms with Gasteiger partial charge in [0.15, 0.2) is 0 Å². The quantitative estimate of drug-likeness (QED) is 0.500. The molecule has 0 fully saturated rings. The maximum absolute atomic E-state index is 5.50. The molecule has 0 saturated heterocycles. The molecule has 0 amide bonds. The van der Waals surface area contributed by atoms with E-state index in [0.29, 0.717) is 11.9 Å². The second kappa shape index (κ2) is 6.04. The molecule has 0 spiro atoms. The summed E-state index contributed by atoms with van der Waals surface area (Å²) in [4.78, 5) is 4.31. The standard InChI is InChI=1S/C10H22N2/c1-5-10(6-2)7-8(3)12-9(4)11/h8,10H,5-7H2,1-4H3,(H2,11,12). The third-order valence-corrected chi connectivity index (χ3v) is 2.25. The molecule has 1 unspecified atom stereocenters. The molecule has 0 aromatic heterocycles. The Morgan fingerprint density at radius 2 is 1.83 bits per heavy atom. The lowest BCUT2D eigenvalue weighted by Crippen LogP contribution is -2.13. The predicted molar refractivity (Wildman–Crippen MR) is 55.4 cm³/mol. The van der Waals surface area contributed by atoms with Crippen LogP contribution in [-0.4, -0.2) is 11.9 Å². The fraction of sp³-hybridized carbons (Fsp3) is 0.900. The molecule has 0 bridgehead atoms. The molecular weight excluding hydrogens is 148 g/mol. The van der Waals surface area contributed by atoms with E-state index in [4.69, 9.17) is 5.73 Å². The van der Waals surface area contributed by atoms with Crippen molar-refractivity contribution in [2.75, 3.05) is 0 Å². The van der Waals surface area contributed by atoms with Gasteiger partial charge < -0.3 is 5.73 Å². The first-order chi connectivity index (χ1) is 5.60. The molecule has 0 aromatic carbocycles. The SMILES string of the molecule is CCC(CC)CC(C)N=C(C)N. The summed E-state index contributed by atoms with van der Waals surface area (Å²) in [5.74, 6) is 1.51. The summed E-state index contributed by atoms with van der Waals surface area (Å²) in [6, 6.07) is 0.389. The summed E-state index contributed by atoms with van der Waals surface area (Å²) >= 11 is 0. The van der Waals surface area contributed by atoms with Crippen molar-refractivity contribution in [2.45, 2.75) is 53.0 Å². The molecule has 0 aliphatic heterocycles. The average molecular weight is 170 g/mol. The fourth-order valence-corrected chi connectivity index (χ4v) is 1.50. The van der Waals surface area contributed by atoms with Gasteiger partial charge in [-0.05, 0) is 26.2 Å². The zero-order valence-corrected chi connectivity index (χ0v) is 8.80. The van der Waals surface area contributed by atoms with E-state index in [1.54, 1.807) is 0 Å². The van der Waals surface area contributed by atoms with Crippen molar-refractivity contribution in [1.82, 2.24) is 0 Å². The van der Waals surface area contributed by atoms with Crippen LogP contribution in [0.3, 0.4) is 0 Å². The van der Waals surface area contributed by atoms with Crippen LogP contribution < -0.4 is 5.73 Å². The van der Waals surface area contributed by atoms with Crippen molar-refractivity contribution >= 4 is 5.84 Å². The number of rotatable bonds is 5. The zero-order valence-electron chi connectivity index (χ0n) is 8.80. The molecule has 2 N–H and O–H groups in total. The predicted octanol–water partition coefficient (Wildman–Crippen LogP) is 2.58. The van der Waals surface area contributed by atoms with Crippen LogP contribution in [0.1, 0.15) is 47.0 Å². The van der Waals surface area contributed by atoms with Crippen LogP contribution in [0.25, 0.3) is 0 Å². The first kappa shape index (κ1) is 11.5. The minimum atomic E-state index is 0.389. The normalized spacial score (nSPS) is 15.2. The first-order valence-corrected chi connectivity index (χ1v) is 4.90. The number of hydrogen-bond donors (Lipinski definition) is 1. The minimum Gasteiger partial charge on any atom is -0.388 e. The highest BCUT2D eigenvalue weighted by Crippen LogP contribution is 2.16. The highest BCUT2D eigenvalue weighted by atomic mass is 14.9. The number of amidine groups is 1. The van der Waals surface area contributed by atoms with Gasteiger partial charge >= 0.3 is 0 Å². The summed E-state index contributed by atoms with van der Waals surface area (Å²) < 4.78 is 0. The van der Waals surface area contributed by atoms with Gasteiger partial charge in [0.2, 0.25) is 0 Å². The Kier molecular flexibility index (Phi) is 5.77. The first-order valence-electron chi connectivity index (χ1n) is 4.90. The van der Waals surface area contributed by atoms with Gasteiger partial charge in [0.25, 0.3) is 0 Å². The molecule has 0 aromatic rings. The van der Waals surface area contributed by atoms with E-state index < -0.39 is 0 Å². The van der Waals surface area contributed by atoms with Gasteiger partial charge in [-0.3, -0.25) is 4.99 Å². The van der Waals surface area contributed by atoms with Gasteiger partial charge in [-0.2, -0.15) is 0 Å². The molecule has 0 aliphatic carbocycles. The van der Waals surface area contributed by atoms with Crippen LogP contribution >= 0.6 is 0 Å². The lowest BCUT2D eigenvalue weighted by molar-refractivity contribution is 0.422. The molecule has 72 valence electrons. The highest BCUT2D eigenvalue weighted by Gasteiger charge is 2.08. The summed E-state index contributed by atoms with van der Waals surface area (Å²) in [5, 5.41) is 0. The largest absolute Gasteiger partial charge is 0.388 e. The zero-order chi connectivity index (χ0) is 9.56. The number of nitrogens with two attached hydrogens (primary N) is 1. The highest BCUT2D eigenvalue weighted by molar-refractivity contribution is 5.77. The molecule has 0 saturated carbocycles. The van der Waals surface area contributed by atoms with Crippen LogP contribution in [-0.2, 0) is 0 Å². The fourth-order valence-electron chi connectivity index (χ4n) is 1.50. The summed E-state index contributed by atoms with van der Waals surface area (Å²) in [6.45, 7) is 8.46. The topological polar surface area (TPSA) is 38.4 Å². The van der Waals surface area contributed by atoms with E-state index in [1.165, 1.54) is 19.3 Å². The summed E-state index contributed by atoms with van der Waals surface area (Å²) in [6.07, 6.45) is 3.67. The van der Waals surface area contributed by atoms with Crippen LogP contribution in [0.4, 0.5) is 0 Å². The number of hydrogen-bond acceptors (Lipinski definition) is 1. The molecule has 0 radical (unpaired) electrons. The van der Waals surface area contributed by atoms with Gasteiger partial charge in [0.1, 0.15) is 0 Å². The maximum Gasteiger partial charge on any atom is 0.0908 e. The molecule has 12 heavy (non-hydrogen) atoms. The Morgan fingerprint density at radius 3 is 2.17 bits per heavy atom. The molecule has 0 aliphatic rings. The van der Waals surface area contributed by atoms with Gasteiger partial charge in [0, 0.05) is 6.04 Å². The molecule has 0 heterocycles. The molecule has 0 rings (SSSR count). The number of aliphatic imine (C=N–C) groups is 1. The Morgan fingerprint density at radius 1 is 1.33 bits per heavy atom. The minimum absolute atomic E-state index is 0.389. The monoisotopic (exact) mass is 170 g/mol. The van der Waals surface area contributed by atoms with Crippen LogP contribution in [0.15, 0.2) is 4.99 Å². The van der Waals surface area contributed by atoms with E-state index in [-0.39, 0.29) is 0 Å². The average Bonchev–Trinajstić information content (AvgIpc) is 1.98. The molecule has 2 heteroatoms. The van der Waals surface area contributed by atoms with E-state index >= 15 is 0 Å². The van der Waals surface area contributed by atoms with Crippen LogP contribution in [0.5, 0.6) is 0 Å². The van der Waals surface area contributed by atoms with E-state index in [0.717, 1.165) is 5.92 Å². The maximum atomic E-state index is 5.50. The van der Waals surface area contributed by atoms with Gasteiger partial charge in [-0.15, -0.1) is 0 Å². The van der Waals surface area contributed by atoms with E-state index in [2.05, 4.69) is 25.8 Å². The summed E-state index contributed by atoms with van der Waals surface area (Å²) in [7, 11) is 0. The molecule has 2 nitrogen and oxygen atoms in total. The number of nitrogens with zero attached hydrogens (tertiary/aromatic N) is 1. The van der Waals surface area contributed by atoms with Crippen LogP contribution in [0, 0.1) is 5.92 Å². The van der Waals surface area contributed by atoms with E-state index in [1.807, 2.05) is 6.92 Å². The second-order valence-electron chi connectivity index (χ2n) is 3.54. The van der Waals surface area contributed by atoms with Crippen molar-refractivity contribution in [3.63, 3.8) is 0 Å². The third-order valence-electron chi connectivity index (χ3n) is 2.25. The molecular formula is C10H22N2. The van der Waals surface area contributed by atoms with Crippen molar-refractivity contribution in [3.8, 4) is 0 Å². The van der Waals surface area contributed by atoms with Gasteiger partial charge in [-0.25, -0.2) is 0 Å². The molecule has 1 atom stereocenters. The smallest absolute Gasteiger partial charge is 0.0908 e. The van der Waals surface area contributed by atoms with E-state index in [9.17, 15) is 0 Å². The van der Waals surface area contributed by atoms with Crippen LogP contribution in [0.2, 0.25) is 0 Å². The Hall–Kier alpha value is -0.530. The third kappa shape index (κ3) is 5.16. The Balaban J connectivity index is 3.81. The van der Waals surface area contributed by atoms with Crippen molar-refractivity contribution in [2.24, 2.45) is 16.6 Å². The van der Waals surface area contributed by atoms with Gasteiger partial charge in [-0.1, -0.05) is 26.7 Å². The lowest BCUT2D eigenvalue weighted by atomic mass is 9.96. The van der Waals surface area contributed by atoms with Crippen molar-refractivity contribution < 1.29 is 0 Å². The Labute approximate surface area is 76.3 Å².